The number of allylic oxidation sites excluding steroid dienone is 1. The fraction of sp³-hybridized carbons (Fsp3) is 0.429. The Hall–Kier alpha value is -0.580. The van der Waals surface area contributed by atoms with E-state index in [0.29, 0.717) is 0 Å². The zero-order chi connectivity index (χ0) is 10.2. The summed E-state index contributed by atoms with van der Waals surface area (Å²) in [4.78, 5) is 21.3. The van der Waals surface area contributed by atoms with Crippen molar-refractivity contribution < 1.29 is 19.8 Å². The minimum Gasteiger partial charge on any atom is -0.481 e. The average Bonchev–Trinajstić information content (AvgIpc) is 2.14. The second kappa shape index (κ2) is 3.29. The largest absolute Gasteiger partial charge is 0.481 e. The van der Waals surface area contributed by atoms with E-state index >= 15 is 0 Å². The van der Waals surface area contributed by atoms with Crippen LogP contribution in [0.15, 0.2) is 10.1 Å². The minimum absolute atomic E-state index is 0.273. The van der Waals surface area contributed by atoms with Gasteiger partial charge in [-0.25, -0.2) is 0 Å². The van der Waals surface area contributed by atoms with E-state index in [1.165, 1.54) is 0 Å². The average molecular weight is 225 g/mol. The quantitative estimate of drug-likeness (QED) is 0.730. The highest BCUT2D eigenvalue weighted by Gasteiger charge is 2.44. The van der Waals surface area contributed by atoms with Crippen molar-refractivity contribution in [3.8, 4) is 0 Å². The summed E-state index contributed by atoms with van der Waals surface area (Å²) in [6, 6.07) is 0. The molecule has 0 aromatic rings. The zero-order valence-electron chi connectivity index (χ0n) is 6.38. The lowest BCUT2D eigenvalue weighted by molar-refractivity contribution is -0.141. The first kappa shape index (κ1) is 10.5. The molecule has 1 unspecified atom stereocenters. The van der Waals surface area contributed by atoms with Gasteiger partial charge >= 0.3 is 5.97 Å². The zero-order valence-corrected chi connectivity index (χ0v) is 7.89. The van der Waals surface area contributed by atoms with E-state index in [0.717, 1.165) is 0 Å². The number of Topliss-reactive ketones (excluding diaryl/α,β-unsaturated/α-hetero) is 1. The van der Waals surface area contributed by atoms with Crippen LogP contribution < -0.4 is 0 Å². The lowest BCUT2D eigenvalue weighted by Crippen LogP contribution is -2.30. The van der Waals surface area contributed by atoms with E-state index in [-0.39, 0.29) is 16.5 Å². The number of carbonyl (C=O) groups is 2. The highest BCUT2D eigenvalue weighted by Crippen LogP contribution is 2.39. The number of ketones is 1. The summed E-state index contributed by atoms with van der Waals surface area (Å²) in [7, 11) is 0. The number of carbonyl (C=O) groups excluding carboxylic acids is 1. The third-order valence-electron chi connectivity index (χ3n) is 1.74. The molecule has 1 rings (SSSR count). The molecule has 0 spiro atoms. The summed E-state index contributed by atoms with van der Waals surface area (Å²) >= 11 is 10.9. The van der Waals surface area contributed by atoms with Crippen LogP contribution in [0.2, 0.25) is 0 Å². The van der Waals surface area contributed by atoms with Gasteiger partial charge in [0, 0.05) is 6.42 Å². The van der Waals surface area contributed by atoms with Gasteiger partial charge in [0.05, 0.1) is 11.5 Å². The number of halogens is 2. The van der Waals surface area contributed by atoms with Gasteiger partial charge in [-0.15, -0.1) is 0 Å². The number of carboxylic acids is 1. The Kier molecular flexibility index (Phi) is 2.66. The Morgan fingerprint density at radius 1 is 1.54 bits per heavy atom. The first-order valence-corrected chi connectivity index (χ1v) is 4.15. The minimum atomic E-state index is -1.82. The summed E-state index contributed by atoms with van der Waals surface area (Å²) in [6.07, 6.45) is -0.981. The van der Waals surface area contributed by atoms with E-state index in [4.69, 9.17) is 28.3 Å². The highest BCUT2D eigenvalue weighted by molar-refractivity contribution is 6.50. The van der Waals surface area contributed by atoms with Crippen molar-refractivity contribution in [1.29, 1.82) is 0 Å². The maximum Gasteiger partial charge on any atom is 0.306 e. The molecule has 1 aliphatic rings. The predicted octanol–water partition coefficient (Wildman–Crippen LogP) is 0.854. The summed E-state index contributed by atoms with van der Waals surface area (Å²) in [6.45, 7) is 0. The number of aliphatic hydroxyl groups is 1. The highest BCUT2D eigenvalue weighted by atomic mass is 35.5. The topological polar surface area (TPSA) is 74.6 Å². The van der Waals surface area contributed by atoms with Gasteiger partial charge < -0.3 is 10.2 Å². The smallest absolute Gasteiger partial charge is 0.306 e. The van der Waals surface area contributed by atoms with Crippen LogP contribution in [0.5, 0.6) is 0 Å². The molecule has 1 atom stereocenters. The van der Waals surface area contributed by atoms with Crippen LogP contribution in [-0.4, -0.2) is 27.6 Å². The van der Waals surface area contributed by atoms with Crippen molar-refractivity contribution >= 4 is 35.0 Å². The Morgan fingerprint density at radius 3 is 2.38 bits per heavy atom. The normalized spacial score (nSPS) is 28.4. The molecule has 0 aliphatic heterocycles. The molecular formula is C7H6Cl2O4. The van der Waals surface area contributed by atoms with Gasteiger partial charge in [-0.2, -0.15) is 0 Å². The monoisotopic (exact) mass is 224 g/mol. The van der Waals surface area contributed by atoms with E-state index in [9.17, 15) is 14.7 Å². The standard InChI is InChI=1S/C7H6Cl2O4/c8-5-3(10)1-7(13,6(5)9)2-4(11)12/h13H,1-2H2,(H,11,12). The van der Waals surface area contributed by atoms with E-state index in [2.05, 4.69) is 0 Å². The van der Waals surface area contributed by atoms with Gasteiger partial charge in [-0.3, -0.25) is 9.59 Å². The number of carboxylic acid groups (broad SMARTS) is 1. The van der Waals surface area contributed by atoms with Gasteiger partial charge in [0.2, 0.25) is 0 Å². The SMILES string of the molecule is O=C(O)CC1(O)CC(=O)C(Cl)=C1Cl. The molecule has 6 heteroatoms. The maximum absolute atomic E-state index is 11.0. The first-order chi connectivity index (χ1) is 5.87. The van der Waals surface area contributed by atoms with Gasteiger partial charge in [-0.1, -0.05) is 23.2 Å². The fourth-order valence-corrected chi connectivity index (χ4v) is 1.62. The van der Waals surface area contributed by atoms with Crippen molar-refractivity contribution in [3.63, 3.8) is 0 Å². The van der Waals surface area contributed by atoms with E-state index in [1.807, 2.05) is 0 Å². The van der Waals surface area contributed by atoms with Gasteiger partial charge in [-0.05, 0) is 0 Å². The number of hydrogen-bond donors (Lipinski definition) is 2. The molecule has 1 aliphatic carbocycles. The summed E-state index contributed by atoms with van der Waals surface area (Å²) in [5, 5.41) is 17.5. The molecule has 2 N–H and O–H groups in total. The van der Waals surface area contributed by atoms with E-state index in [1.54, 1.807) is 0 Å². The summed E-state index contributed by atoms with van der Waals surface area (Å²) in [5.41, 5.74) is -1.82. The Morgan fingerprint density at radius 2 is 2.08 bits per heavy atom. The Balaban J connectivity index is 2.96. The van der Waals surface area contributed by atoms with Crippen LogP contribution in [0.3, 0.4) is 0 Å². The molecule has 0 saturated carbocycles. The van der Waals surface area contributed by atoms with Crippen LogP contribution in [-0.2, 0) is 9.59 Å². The van der Waals surface area contributed by atoms with Crippen molar-refractivity contribution in [2.75, 3.05) is 0 Å². The summed E-state index contributed by atoms with van der Waals surface area (Å²) < 4.78 is 0. The predicted molar refractivity (Wildman–Crippen MR) is 45.6 cm³/mol. The van der Waals surface area contributed by atoms with Crippen LogP contribution in [0.4, 0.5) is 0 Å². The number of aliphatic carboxylic acids is 1. The third-order valence-corrected chi connectivity index (χ3v) is 2.78. The van der Waals surface area contributed by atoms with Crippen molar-refractivity contribution in [2.45, 2.75) is 18.4 Å². The number of hydrogen-bond acceptors (Lipinski definition) is 3. The summed E-state index contributed by atoms with van der Waals surface area (Å²) in [5.74, 6) is -1.77. The lowest BCUT2D eigenvalue weighted by Gasteiger charge is -2.18. The molecule has 0 aromatic carbocycles. The number of rotatable bonds is 2. The molecular weight excluding hydrogens is 219 g/mol. The van der Waals surface area contributed by atoms with Crippen LogP contribution in [0.25, 0.3) is 0 Å². The maximum atomic E-state index is 11.0. The third kappa shape index (κ3) is 1.85. The van der Waals surface area contributed by atoms with Gasteiger partial charge in [0.1, 0.15) is 10.6 Å². The van der Waals surface area contributed by atoms with Gasteiger partial charge in [0.25, 0.3) is 0 Å². The molecule has 4 nitrogen and oxygen atoms in total. The molecule has 72 valence electrons. The van der Waals surface area contributed by atoms with Crippen molar-refractivity contribution in [2.24, 2.45) is 0 Å². The second-order valence-electron chi connectivity index (χ2n) is 2.83. The molecule has 0 fully saturated rings. The molecule has 0 radical (unpaired) electrons. The molecule has 0 heterocycles. The van der Waals surface area contributed by atoms with E-state index < -0.39 is 23.8 Å². The second-order valence-corrected chi connectivity index (χ2v) is 3.59. The molecule has 0 amide bonds. The van der Waals surface area contributed by atoms with Crippen molar-refractivity contribution in [3.05, 3.63) is 10.1 Å². The van der Waals surface area contributed by atoms with Gasteiger partial charge in [0.15, 0.2) is 5.78 Å². The van der Waals surface area contributed by atoms with Crippen LogP contribution in [0.1, 0.15) is 12.8 Å². The molecule has 0 saturated heterocycles. The Bertz CT molecular complexity index is 310. The van der Waals surface area contributed by atoms with Crippen molar-refractivity contribution in [1.82, 2.24) is 0 Å². The van der Waals surface area contributed by atoms with Crippen LogP contribution in [0, 0.1) is 0 Å². The molecule has 13 heavy (non-hydrogen) atoms. The first-order valence-electron chi connectivity index (χ1n) is 3.40. The van der Waals surface area contributed by atoms with Crippen LogP contribution >= 0.6 is 23.2 Å². The molecule has 0 bridgehead atoms. The molecule has 0 aromatic heterocycles. The lowest BCUT2D eigenvalue weighted by atomic mass is 9.99. The fourth-order valence-electron chi connectivity index (χ4n) is 1.14. The Labute approximate surface area is 83.8 Å².